The molecule has 16 heavy (non-hydrogen) atoms. The Kier molecular flexibility index (Phi) is 4.66. The van der Waals surface area contributed by atoms with Crippen LogP contribution in [0.4, 0.5) is 0 Å². The molecule has 94 valence electrons. The molecule has 0 aromatic carbocycles. The van der Waals surface area contributed by atoms with Crippen LogP contribution in [-0.4, -0.2) is 31.1 Å². The van der Waals surface area contributed by atoms with Crippen molar-refractivity contribution in [2.75, 3.05) is 20.1 Å². The monoisotopic (exact) mass is 224 g/mol. The zero-order chi connectivity index (χ0) is 11.4. The number of nitrogens with two attached hydrogens (primary N) is 1. The molecular formula is C14H28N2. The van der Waals surface area contributed by atoms with Gasteiger partial charge in [-0.1, -0.05) is 19.3 Å². The van der Waals surface area contributed by atoms with E-state index in [2.05, 4.69) is 11.9 Å². The highest BCUT2D eigenvalue weighted by Crippen LogP contribution is 2.28. The molecular weight excluding hydrogens is 196 g/mol. The smallest absolute Gasteiger partial charge is 0.00676 e. The minimum Gasteiger partial charge on any atom is -0.327 e. The van der Waals surface area contributed by atoms with Crippen molar-refractivity contribution >= 4 is 0 Å². The first-order chi connectivity index (χ1) is 7.75. The van der Waals surface area contributed by atoms with Gasteiger partial charge in [-0.3, -0.25) is 0 Å². The molecule has 2 heteroatoms. The second-order valence-electron chi connectivity index (χ2n) is 6.06. The summed E-state index contributed by atoms with van der Waals surface area (Å²) in [5.74, 6) is 1.80. The molecule has 2 atom stereocenters. The molecule has 2 N–H and O–H groups in total. The Morgan fingerprint density at radius 3 is 2.44 bits per heavy atom. The van der Waals surface area contributed by atoms with Crippen molar-refractivity contribution in [1.29, 1.82) is 0 Å². The molecule has 0 bridgehead atoms. The van der Waals surface area contributed by atoms with Crippen LogP contribution in [0.3, 0.4) is 0 Å². The molecule has 2 aliphatic carbocycles. The maximum atomic E-state index is 6.11. The van der Waals surface area contributed by atoms with E-state index in [0.29, 0.717) is 6.04 Å². The summed E-state index contributed by atoms with van der Waals surface area (Å²) < 4.78 is 0. The van der Waals surface area contributed by atoms with Crippen LogP contribution >= 0.6 is 0 Å². The summed E-state index contributed by atoms with van der Waals surface area (Å²) in [5.41, 5.74) is 6.11. The lowest BCUT2D eigenvalue weighted by Gasteiger charge is -2.23. The fourth-order valence-corrected chi connectivity index (χ4v) is 3.54. The zero-order valence-corrected chi connectivity index (χ0v) is 10.8. The molecule has 0 aromatic heterocycles. The third-order valence-corrected chi connectivity index (χ3v) is 4.64. The van der Waals surface area contributed by atoms with Crippen molar-refractivity contribution in [2.24, 2.45) is 17.6 Å². The van der Waals surface area contributed by atoms with Crippen LogP contribution in [0.5, 0.6) is 0 Å². The Hall–Kier alpha value is -0.0800. The topological polar surface area (TPSA) is 29.3 Å². The van der Waals surface area contributed by atoms with E-state index in [1.54, 1.807) is 0 Å². The molecule has 2 unspecified atom stereocenters. The van der Waals surface area contributed by atoms with Gasteiger partial charge in [-0.25, -0.2) is 0 Å². The molecule has 0 radical (unpaired) electrons. The van der Waals surface area contributed by atoms with E-state index in [-0.39, 0.29) is 0 Å². The van der Waals surface area contributed by atoms with E-state index in [1.165, 1.54) is 64.5 Å². The van der Waals surface area contributed by atoms with Gasteiger partial charge in [0.25, 0.3) is 0 Å². The molecule has 0 saturated heterocycles. The van der Waals surface area contributed by atoms with Crippen molar-refractivity contribution in [2.45, 2.75) is 57.4 Å². The molecule has 2 aliphatic rings. The van der Waals surface area contributed by atoms with Crippen molar-refractivity contribution < 1.29 is 0 Å². The summed E-state index contributed by atoms with van der Waals surface area (Å²) in [6, 6.07) is 0.500. The second-order valence-corrected chi connectivity index (χ2v) is 6.06. The average Bonchev–Trinajstić information content (AvgIpc) is 2.87. The van der Waals surface area contributed by atoms with Crippen molar-refractivity contribution in [3.05, 3.63) is 0 Å². The summed E-state index contributed by atoms with van der Waals surface area (Å²) >= 11 is 0. The van der Waals surface area contributed by atoms with Gasteiger partial charge >= 0.3 is 0 Å². The first-order valence-electron chi connectivity index (χ1n) is 7.20. The van der Waals surface area contributed by atoms with E-state index in [1.807, 2.05) is 0 Å². The van der Waals surface area contributed by atoms with E-state index in [4.69, 9.17) is 5.73 Å². The lowest BCUT2D eigenvalue weighted by Crippen LogP contribution is -2.30. The maximum absolute atomic E-state index is 6.11. The van der Waals surface area contributed by atoms with Crippen molar-refractivity contribution in [3.8, 4) is 0 Å². The Labute approximate surface area is 101 Å². The second kappa shape index (κ2) is 6.02. The highest BCUT2D eigenvalue weighted by Gasteiger charge is 2.24. The Bertz CT molecular complexity index is 199. The summed E-state index contributed by atoms with van der Waals surface area (Å²) in [6.07, 6.45) is 11.2. The lowest BCUT2D eigenvalue weighted by molar-refractivity contribution is 0.253. The minimum absolute atomic E-state index is 0.500. The largest absolute Gasteiger partial charge is 0.327 e. The number of rotatable bonds is 5. The Morgan fingerprint density at radius 2 is 1.81 bits per heavy atom. The van der Waals surface area contributed by atoms with Gasteiger partial charge in [-0.15, -0.1) is 0 Å². The van der Waals surface area contributed by atoms with Gasteiger partial charge < -0.3 is 10.6 Å². The predicted molar refractivity (Wildman–Crippen MR) is 69.4 cm³/mol. The molecule has 0 spiro atoms. The van der Waals surface area contributed by atoms with Gasteiger partial charge in [0.05, 0.1) is 0 Å². The first-order valence-corrected chi connectivity index (χ1v) is 7.20. The molecule has 2 rings (SSSR count). The minimum atomic E-state index is 0.500. The van der Waals surface area contributed by atoms with Crippen molar-refractivity contribution in [3.63, 3.8) is 0 Å². The third-order valence-electron chi connectivity index (χ3n) is 4.64. The third kappa shape index (κ3) is 3.46. The molecule has 2 fully saturated rings. The number of nitrogens with zero attached hydrogens (tertiary/aromatic N) is 1. The van der Waals surface area contributed by atoms with Crippen LogP contribution in [0.15, 0.2) is 0 Å². The molecule has 0 heterocycles. The standard InChI is InChI=1S/C14H28N2/c1-16(11-12-5-2-3-6-12)10-9-13-7-4-8-14(13)15/h12-14H,2-11,15H2,1H3. The molecule has 0 aromatic rings. The fraction of sp³-hybridized carbons (Fsp3) is 1.00. The van der Waals surface area contributed by atoms with Gasteiger partial charge in [-0.05, 0) is 57.5 Å². The van der Waals surface area contributed by atoms with Gasteiger partial charge in [0.1, 0.15) is 0 Å². The van der Waals surface area contributed by atoms with Gasteiger partial charge in [-0.2, -0.15) is 0 Å². The molecule has 2 nitrogen and oxygen atoms in total. The van der Waals surface area contributed by atoms with E-state index < -0.39 is 0 Å². The molecule has 0 aliphatic heterocycles. The summed E-state index contributed by atoms with van der Waals surface area (Å²) in [5, 5.41) is 0. The molecule has 2 saturated carbocycles. The van der Waals surface area contributed by atoms with Crippen LogP contribution < -0.4 is 5.73 Å². The summed E-state index contributed by atoms with van der Waals surface area (Å²) in [4.78, 5) is 2.54. The normalized spacial score (nSPS) is 31.7. The van der Waals surface area contributed by atoms with E-state index in [9.17, 15) is 0 Å². The van der Waals surface area contributed by atoms with Crippen LogP contribution in [-0.2, 0) is 0 Å². The van der Waals surface area contributed by atoms with E-state index >= 15 is 0 Å². The molecule has 0 amide bonds. The lowest BCUT2D eigenvalue weighted by atomic mass is 9.99. The van der Waals surface area contributed by atoms with Gasteiger partial charge in [0.2, 0.25) is 0 Å². The van der Waals surface area contributed by atoms with Crippen LogP contribution in [0.2, 0.25) is 0 Å². The van der Waals surface area contributed by atoms with Gasteiger partial charge in [0, 0.05) is 12.6 Å². The van der Waals surface area contributed by atoms with E-state index in [0.717, 1.165) is 11.8 Å². The SMILES string of the molecule is CN(CCC1CCCC1N)CC1CCCC1. The van der Waals surface area contributed by atoms with Crippen LogP contribution in [0.25, 0.3) is 0 Å². The quantitative estimate of drug-likeness (QED) is 0.778. The summed E-state index contributed by atoms with van der Waals surface area (Å²) in [6.45, 7) is 2.58. The zero-order valence-electron chi connectivity index (χ0n) is 10.8. The highest BCUT2D eigenvalue weighted by molar-refractivity contribution is 4.81. The predicted octanol–water partition coefficient (Wildman–Crippen LogP) is 2.63. The highest BCUT2D eigenvalue weighted by atomic mass is 15.1. The first kappa shape index (κ1) is 12.4. The maximum Gasteiger partial charge on any atom is 0.00676 e. The Morgan fingerprint density at radius 1 is 1.06 bits per heavy atom. The van der Waals surface area contributed by atoms with Crippen molar-refractivity contribution in [1.82, 2.24) is 4.90 Å². The average molecular weight is 224 g/mol. The fourth-order valence-electron chi connectivity index (χ4n) is 3.54. The Balaban J connectivity index is 1.61. The van der Waals surface area contributed by atoms with Crippen LogP contribution in [0.1, 0.15) is 51.4 Å². The number of hydrogen-bond donors (Lipinski definition) is 1. The van der Waals surface area contributed by atoms with Crippen LogP contribution in [0, 0.1) is 11.8 Å². The summed E-state index contributed by atoms with van der Waals surface area (Å²) in [7, 11) is 2.29. The number of hydrogen-bond acceptors (Lipinski definition) is 2. The van der Waals surface area contributed by atoms with Gasteiger partial charge in [0.15, 0.2) is 0 Å².